The maximum atomic E-state index is 13.8. The Hall–Kier alpha value is -2.03. The standard InChI is InChI=1S/C24H33ClN4O3S/c1-17-8-10-28(11-9-17)24(30)22-18(2)26(4)19(3)23(22)33(31,32)29-14-12-27(13-15-29)21-7-5-6-20(25)16-21/h5-7,16-17H,8-15H2,1-4H3. The lowest BCUT2D eigenvalue weighted by Gasteiger charge is -2.36. The molecule has 9 heteroatoms. The Morgan fingerprint density at radius 3 is 2.24 bits per heavy atom. The van der Waals surface area contributed by atoms with Crippen LogP contribution in [-0.4, -0.2) is 67.4 Å². The van der Waals surface area contributed by atoms with Crippen molar-refractivity contribution in [3.63, 3.8) is 0 Å². The molecule has 4 rings (SSSR count). The Morgan fingerprint density at radius 1 is 1.00 bits per heavy atom. The molecule has 33 heavy (non-hydrogen) atoms. The van der Waals surface area contributed by atoms with Crippen LogP contribution in [0.3, 0.4) is 0 Å². The maximum Gasteiger partial charge on any atom is 0.257 e. The molecule has 1 aromatic heterocycles. The molecule has 0 bridgehead atoms. The number of carbonyl (C=O) groups is 1. The monoisotopic (exact) mass is 492 g/mol. The second-order valence-electron chi connectivity index (χ2n) is 9.28. The maximum absolute atomic E-state index is 13.8. The van der Waals surface area contributed by atoms with Crippen LogP contribution in [0.15, 0.2) is 29.2 Å². The first-order valence-corrected chi connectivity index (χ1v) is 13.4. The minimum absolute atomic E-state index is 0.167. The third kappa shape index (κ3) is 4.53. The first kappa shape index (κ1) is 24.1. The minimum atomic E-state index is -3.82. The van der Waals surface area contributed by atoms with Gasteiger partial charge in [-0.25, -0.2) is 8.42 Å². The smallest absolute Gasteiger partial charge is 0.257 e. The molecule has 2 fully saturated rings. The number of hydrogen-bond acceptors (Lipinski definition) is 4. The molecule has 180 valence electrons. The summed E-state index contributed by atoms with van der Waals surface area (Å²) in [5, 5.41) is 0.660. The van der Waals surface area contributed by atoms with Crippen LogP contribution in [0.5, 0.6) is 0 Å². The van der Waals surface area contributed by atoms with Gasteiger partial charge >= 0.3 is 0 Å². The van der Waals surface area contributed by atoms with Gasteiger partial charge in [-0.1, -0.05) is 24.6 Å². The number of hydrogen-bond donors (Lipinski definition) is 0. The summed E-state index contributed by atoms with van der Waals surface area (Å²) in [7, 11) is -1.99. The summed E-state index contributed by atoms with van der Waals surface area (Å²) in [6.07, 6.45) is 1.90. The lowest BCUT2D eigenvalue weighted by molar-refractivity contribution is 0.0692. The van der Waals surface area contributed by atoms with Gasteiger partial charge in [-0.15, -0.1) is 0 Å². The molecular weight excluding hydrogens is 460 g/mol. The van der Waals surface area contributed by atoms with E-state index in [-0.39, 0.29) is 10.8 Å². The molecule has 2 saturated heterocycles. The van der Waals surface area contributed by atoms with E-state index < -0.39 is 10.0 Å². The van der Waals surface area contributed by atoms with Gasteiger partial charge in [0.25, 0.3) is 5.91 Å². The lowest BCUT2D eigenvalue weighted by atomic mass is 9.98. The lowest BCUT2D eigenvalue weighted by Crippen LogP contribution is -2.49. The molecule has 2 aromatic rings. The van der Waals surface area contributed by atoms with Crippen molar-refractivity contribution in [1.82, 2.24) is 13.8 Å². The van der Waals surface area contributed by atoms with Crippen molar-refractivity contribution in [1.29, 1.82) is 0 Å². The molecule has 0 N–H and O–H groups in total. The number of amides is 1. The van der Waals surface area contributed by atoms with Crippen LogP contribution in [0.25, 0.3) is 0 Å². The van der Waals surface area contributed by atoms with Crippen LogP contribution < -0.4 is 4.90 Å². The number of benzene rings is 1. The third-order valence-corrected chi connectivity index (χ3v) is 9.51. The Kier molecular flexibility index (Phi) is 6.80. The predicted molar refractivity (Wildman–Crippen MR) is 132 cm³/mol. The largest absolute Gasteiger partial charge is 0.369 e. The number of carbonyl (C=O) groups excluding carboxylic acids is 1. The van der Waals surface area contributed by atoms with E-state index in [1.54, 1.807) is 6.92 Å². The highest BCUT2D eigenvalue weighted by molar-refractivity contribution is 7.89. The van der Waals surface area contributed by atoms with Crippen molar-refractivity contribution in [2.24, 2.45) is 13.0 Å². The summed E-state index contributed by atoms with van der Waals surface area (Å²) in [6.45, 7) is 9.01. The third-order valence-electron chi connectivity index (χ3n) is 7.22. The van der Waals surface area contributed by atoms with Gasteiger partial charge in [0.2, 0.25) is 10.0 Å². The van der Waals surface area contributed by atoms with Gasteiger partial charge in [0.1, 0.15) is 4.90 Å². The van der Waals surface area contributed by atoms with E-state index >= 15 is 0 Å². The van der Waals surface area contributed by atoms with Crippen LogP contribution in [0.1, 0.15) is 41.5 Å². The topological polar surface area (TPSA) is 65.9 Å². The van der Waals surface area contributed by atoms with Crippen molar-refractivity contribution in [3.05, 3.63) is 46.2 Å². The zero-order chi connectivity index (χ0) is 23.9. The van der Waals surface area contributed by atoms with Crippen LogP contribution in [0.2, 0.25) is 5.02 Å². The number of piperazine rings is 1. The summed E-state index contributed by atoms with van der Waals surface area (Å²) in [5.41, 5.74) is 2.63. The first-order chi connectivity index (χ1) is 15.6. The Balaban J connectivity index is 1.60. The van der Waals surface area contributed by atoms with Gasteiger partial charge in [0.15, 0.2) is 0 Å². The quantitative estimate of drug-likeness (QED) is 0.653. The van der Waals surface area contributed by atoms with Crippen molar-refractivity contribution in [2.75, 3.05) is 44.2 Å². The number of anilines is 1. The predicted octanol–water partition coefficient (Wildman–Crippen LogP) is 3.68. The molecule has 0 radical (unpaired) electrons. The molecule has 2 aliphatic rings. The highest BCUT2D eigenvalue weighted by atomic mass is 35.5. The second-order valence-corrected chi connectivity index (χ2v) is 11.6. The Labute approximate surface area is 202 Å². The zero-order valence-corrected chi connectivity index (χ0v) is 21.4. The average Bonchev–Trinajstić information content (AvgIpc) is 3.03. The molecule has 1 amide bonds. The van der Waals surface area contributed by atoms with Crippen LogP contribution in [0, 0.1) is 19.8 Å². The van der Waals surface area contributed by atoms with E-state index in [1.807, 2.05) is 47.7 Å². The van der Waals surface area contributed by atoms with Gasteiger partial charge in [0, 0.05) is 68.4 Å². The first-order valence-electron chi connectivity index (χ1n) is 11.6. The Morgan fingerprint density at radius 2 is 1.64 bits per heavy atom. The number of nitrogens with zero attached hydrogens (tertiary/aromatic N) is 4. The fourth-order valence-corrected chi connectivity index (χ4v) is 6.93. The van der Waals surface area contributed by atoms with Crippen molar-refractivity contribution >= 4 is 33.2 Å². The van der Waals surface area contributed by atoms with E-state index in [0.717, 1.165) is 18.5 Å². The van der Waals surface area contributed by atoms with Crippen molar-refractivity contribution in [2.45, 2.75) is 38.5 Å². The minimum Gasteiger partial charge on any atom is -0.369 e. The SMILES string of the molecule is Cc1c(C(=O)N2CCC(C)CC2)c(S(=O)(=O)N2CCN(c3cccc(Cl)c3)CC2)c(C)n1C. The number of halogens is 1. The molecule has 0 atom stereocenters. The van der Waals surface area contributed by atoms with Gasteiger partial charge < -0.3 is 14.4 Å². The van der Waals surface area contributed by atoms with Crippen molar-refractivity contribution < 1.29 is 13.2 Å². The Bertz CT molecular complexity index is 1140. The number of aromatic nitrogens is 1. The molecule has 2 aliphatic heterocycles. The second kappa shape index (κ2) is 9.31. The summed E-state index contributed by atoms with van der Waals surface area (Å²) in [6, 6.07) is 7.60. The summed E-state index contributed by atoms with van der Waals surface area (Å²) >= 11 is 6.13. The van der Waals surface area contributed by atoms with Crippen LogP contribution in [0.4, 0.5) is 5.69 Å². The van der Waals surface area contributed by atoms with Gasteiger partial charge in [-0.05, 0) is 50.8 Å². The zero-order valence-electron chi connectivity index (χ0n) is 19.8. The highest BCUT2D eigenvalue weighted by Crippen LogP contribution is 2.32. The summed E-state index contributed by atoms with van der Waals surface area (Å²) in [4.78, 5) is 17.6. The van der Waals surface area contributed by atoms with E-state index in [2.05, 4.69) is 11.8 Å². The molecule has 7 nitrogen and oxygen atoms in total. The van der Waals surface area contributed by atoms with Crippen LogP contribution >= 0.6 is 11.6 Å². The number of sulfonamides is 1. The van der Waals surface area contributed by atoms with Gasteiger partial charge in [-0.3, -0.25) is 4.79 Å². The highest BCUT2D eigenvalue weighted by Gasteiger charge is 2.38. The van der Waals surface area contributed by atoms with Gasteiger partial charge in [-0.2, -0.15) is 4.31 Å². The molecule has 1 aromatic carbocycles. The molecule has 0 unspecified atom stereocenters. The number of piperidine rings is 1. The normalized spacial score (nSPS) is 18.7. The van der Waals surface area contributed by atoms with Crippen LogP contribution in [-0.2, 0) is 17.1 Å². The number of likely N-dealkylation sites (tertiary alicyclic amines) is 1. The number of rotatable bonds is 4. The van der Waals surface area contributed by atoms with E-state index in [0.29, 0.717) is 67.2 Å². The van der Waals surface area contributed by atoms with E-state index in [4.69, 9.17) is 11.6 Å². The van der Waals surface area contributed by atoms with Crippen molar-refractivity contribution in [3.8, 4) is 0 Å². The van der Waals surface area contributed by atoms with Gasteiger partial charge in [0.05, 0.1) is 5.56 Å². The molecule has 3 heterocycles. The molecule has 0 aliphatic carbocycles. The van der Waals surface area contributed by atoms with E-state index in [1.165, 1.54) is 4.31 Å². The fourth-order valence-electron chi connectivity index (χ4n) is 4.84. The molecule has 0 saturated carbocycles. The average molecular weight is 493 g/mol. The van der Waals surface area contributed by atoms with E-state index in [9.17, 15) is 13.2 Å². The molecular formula is C24H33ClN4O3S. The molecule has 0 spiro atoms. The summed E-state index contributed by atoms with van der Waals surface area (Å²) < 4.78 is 31.0. The summed E-state index contributed by atoms with van der Waals surface area (Å²) in [5.74, 6) is 0.422. The fraction of sp³-hybridized carbons (Fsp3) is 0.542.